The summed E-state index contributed by atoms with van der Waals surface area (Å²) in [6.07, 6.45) is 2.13. The summed E-state index contributed by atoms with van der Waals surface area (Å²) in [4.78, 5) is 2.48. The summed E-state index contributed by atoms with van der Waals surface area (Å²) in [5, 5.41) is 0.266. The Bertz CT molecular complexity index is 612. The Labute approximate surface area is 124 Å². The van der Waals surface area contributed by atoms with Gasteiger partial charge in [-0.05, 0) is 50.0 Å². The van der Waals surface area contributed by atoms with E-state index in [4.69, 9.17) is 17.3 Å². The topological polar surface area (TPSA) is 75.4 Å². The lowest BCUT2D eigenvalue weighted by Crippen LogP contribution is -2.57. The molecule has 1 aromatic rings. The van der Waals surface area contributed by atoms with Gasteiger partial charge in [0.05, 0.1) is 15.6 Å². The number of piperidine rings is 3. The molecule has 0 radical (unpaired) electrons. The summed E-state index contributed by atoms with van der Waals surface area (Å²) in [7, 11) is -3.54. The maximum atomic E-state index is 12.4. The molecule has 0 spiro atoms. The number of halogens is 1. The molecule has 3 aliphatic rings. The minimum Gasteiger partial charge on any atom is -0.398 e. The summed E-state index contributed by atoms with van der Waals surface area (Å²) in [6, 6.07) is 4.41. The molecule has 1 unspecified atom stereocenters. The van der Waals surface area contributed by atoms with Crippen LogP contribution in [0.4, 0.5) is 5.69 Å². The lowest BCUT2D eigenvalue weighted by Gasteiger charge is -2.44. The minimum atomic E-state index is -3.54. The Morgan fingerprint density at radius 3 is 2.55 bits per heavy atom. The number of sulfonamides is 1. The van der Waals surface area contributed by atoms with Crippen LogP contribution in [0.5, 0.6) is 0 Å². The van der Waals surface area contributed by atoms with Crippen molar-refractivity contribution in [3.8, 4) is 0 Å². The van der Waals surface area contributed by atoms with Crippen molar-refractivity contribution in [2.24, 2.45) is 5.92 Å². The average Bonchev–Trinajstić information content (AvgIpc) is 2.42. The van der Waals surface area contributed by atoms with Gasteiger partial charge in [0.2, 0.25) is 10.0 Å². The van der Waals surface area contributed by atoms with Crippen LogP contribution < -0.4 is 10.5 Å². The van der Waals surface area contributed by atoms with E-state index in [1.54, 1.807) is 0 Å². The second kappa shape index (κ2) is 5.18. The molecule has 0 saturated carbocycles. The van der Waals surface area contributed by atoms with Crippen molar-refractivity contribution in [2.45, 2.75) is 23.8 Å². The molecule has 3 heterocycles. The highest BCUT2D eigenvalue weighted by atomic mass is 35.5. The van der Waals surface area contributed by atoms with Gasteiger partial charge >= 0.3 is 0 Å². The van der Waals surface area contributed by atoms with Crippen LogP contribution in [-0.4, -0.2) is 39.0 Å². The predicted octanol–water partition coefficient (Wildman–Crippen LogP) is 1.29. The molecule has 0 aromatic heterocycles. The number of nitrogen functional groups attached to an aromatic ring is 1. The molecular weight excluding hydrogens is 298 g/mol. The quantitative estimate of drug-likeness (QED) is 0.824. The SMILES string of the molecule is Nc1ccc(S(=O)(=O)NC2CN3CCC2CC3)cc1Cl. The number of nitrogens with one attached hydrogen (secondary N) is 1. The van der Waals surface area contributed by atoms with E-state index in [-0.39, 0.29) is 16.0 Å². The lowest BCUT2D eigenvalue weighted by atomic mass is 9.85. The zero-order valence-electron chi connectivity index (χ0n) is 11.0. The van der Waals surface area contributed by atoms with Crippen molar-refractivity contribution >= 4 is 27.3 Å². The van der Waals surface area contributed by atoms with E-state index >= 15 is 0 Å². The highest BCUT2D eigenvalue weighted by Crippen LogP contribution is 2.29. The van der Waals surface area contributed by atoms with E-state index in [9.17, 15) is 8.42 Å². The van der Waals surface area contributed by atoms with Crippen molar-refractivity contribution in [1.82, 2.24) is 9.62 Å². The fourth-order valence-electron chi connectivity index (χ4n) is 3.04. The maximum Gasteiger partial charge on any atom is 0.240 e. The fourth-order valence-corrected chi connectivity index (χ4v) is 4.61. The third-order valence-electron chi connectivity index (χ3n) is 4.24. The number of rotatable bonds is 3. The Morgan fingerprint density at radius 2 is 2.00 bits per heavy atom. The highest BCUT2D eigenvalue weighted by Gasteiger charge is 2.36. The second-order valence-electron chi connectivity index (χ2n) is 5.55. The first kappa shape index (κ1) is 14.1. The van der Waals surface area contributed by atoms with Crippen molar-refractivity contribution in [1.29, 1.82) is 0 Å². The van der Waals surface area contributed by atoms with E-state index in [0.29, 0.717) is 11.6 Å². The van der Waals surface area contributed by atoms with Crippen molar-refractivity contribution in [2.75, 3.05) is 25.4 Å². The van der Waals surface area contributed by atoms with Crippen LogP contribution in [0.1, 0.15) is 12.8 Å². The first-order valence-corrected chi connectivity index (χ1v) is 8.61. The molecule has 0 amide bonds. The van der Waals surface area contributed by atoms with Gasteiger partial charge in [-0.25, -0.2) is 13.1 Å². The number of fused-ring (bicyclic) bond motifs is 3. The van der Waals surface area contributed by atoms with Gasteiger partial charge in [-0.3, -0.25) is 0 Å². The number of nitrogens with zero attached hydrogens (tertiary/aromatic N) is 1. The van der Waals surface area contributed by atoms with Gasteiger partial charge in [0, 0.05) is 12.6 Å². The molecule has 1 atom stereocenters. The normalized spacial score (nSPS) is 29.6. The number of anilines is 1. The highest BCUT2D eigenvalue weighted by molar-refractivity contribution is 7.89. The Kier molecular flexibility index (Phi) is 3.66. The van der Waals surface area contributed by atoms with E-state index in [1.165, 1.54) is 18.2 Å². The standard InChI is InChI=1S/C13H18ClN3O2S/c14-11-7-10(1-2-12(11)15)20(18,19)16-13-8-17-5-3-9(13)4-6-17/h1-2,7,9,13,16H,3-6,8,15H2. The van der Waals surface area contributed by atoms with E-state index in [2.05, 4.69) is 9.62 Å². The first-order chi connectivity index (χ1) is 9.45. The van der Waals surface area contributed by atoms with Crippen LogP contribution in [-0.2, 0) is 10.0 Å². The number of hydrogen-bond donors (Lipinski definition) is 2. The van der Waals surface area contributed by atoms with Crippen LogP contribution in [0.25, 0.3) is 0 Å². The van der Waals surface area contributed by atoms with Crippen LogP contribution in [0.3, 0.4) is 0 Å². The number of hydrogen-bond acceptors (Lipinski definition) is 4. The Morgan fingerprint density at radius 1 is 1.30 bits per heavy atom. The molecule has 3 fully saturated rings. The predicted molar refractivity (Wildman–Crippen MR) is 79.1 cm³/mol. The molecule has 3 aliphatic heterocycles. The van der Waals surface area contributed by atoms with Gasteiger partial charge < -0.3 is 10.6 Å². The van der Waals surface area contributed by atoms with Gasteiger partial charge in [-0.2, -0.15) is 0 Å². The van der Waals surface area contributed by atoms with Crippen LogP contribution in [0.15, 0.2) is 23.1 Å². The summed E-state index contributed by atoms with van der Waals surface area (Å²) in [6.45, 7) is 2.96. The summed E-state index contributed by atoms with van der Waals surface area (Å²) in [5.74, 6) is 0.444. The number of nitrogens with two attached hydrogens (primary N) is 1. The minimum absolute atomic E-state index is 0.00108. The summed E-state index contributed by atoms with van der Waals surface area (Å²) < 4.78 is 27.6. The Balaban J connectivity index is 1.80. The van der Waals surface area contributed by atoms with Crippen molar-refractivity contribution < 1.29 is 8.42 Å². The smallest absolute Gasteiger partial charge is 0.240 e. The third kappa shape index (κ3) is 2.65. The molecule has 1 aromatic carbocycles. The van der Waals surface area contributed by atoms with Gasteiger partial charge in [-0.1, -0.05) is 11.6 Å². The molecule has 5 nitrogen and oxygen atoms in total. The number of benzene rings is 1. The monoisotopic (exact) mass is 315 g/mol. The molecule has 3 saturated heterocycles. The molecule has 2 bridgehead atoms. The molecule has 7 heteroatoms. The van der Waals surface area contributed by atoms with Crippen molar-refractivity contribution in [3.63, 3.8) is 0 Å². The summed E-state index contributed by atoms with van der Waals surface area (Å²) >= 11 is 5.90. The molecule has 3 N–H and O–H groups in total. The van der Waals surface area contributed by atoms with Crippen molar-refractivity contribution in [3.05, 3.63) is 23.2 Å². The molecule has 4 rings (SSSR count). The van der Waals surface area contributed by atoms with Crippen LogP contribution in [0.2, 0.25) is 5.02 Å². The molecular formula is C13H18ClN3O2S. The van der Waals surface area contributed by atoms with Crippen LogP contribution >= 0.6 is 11.6 Å². The zero-order chi connectivity index (χ0) is 14.3. The van der Waals surface area contributed by atoms with E-state index < -0.39 is 10.0 Å². The zero-order valence-corrected chi connectivity index (χ0v) is 12.6. The van der Waals surface area contributed by atoms with E-state index in [0.717, 1.165) is 32.5 Å². The fraction of sp³-hybridized carbons (Fsp3) is 0.538. The van der Waals surface area contributed by atoms with E-state index in [1.807, 2.05) is 0 Å². The van der Waals surface area contributed by atoms with Gasteiger partial charge in [0.15, 0.2) is 0 Å². The van der Waals surface area contributed by atoms with Crippen LogP contribution in [0, 0.1) is 5.92 Å². The maximum absolute atomic E-state index is 12.4. The second-order valence-corrected chi connectivity index (χ2v) is 7.67. The average molecular weight is 316 g/mol. The molecule has 110 valence electrons. The Hall–Kier alpha value is -0.820. The third-order valence-corrected chi connectivity index (χ3v) is 6.06. The van der Waals surface area contributed by atoms with Gasteiger partial charge in [-0.15, -0.1) is 0 Å². The lowest BCUT2D eigenvalue weighted by molar-refractivity contribution is 0.0827. The molecule has 0 aliphatic carbocycles. The van der Waals surface area contributed by atoms with Gasteiger partial charge in [0.25, 0.3) is 0 Å². The largest absolute Gasteiger partial charge is 0.398 e. The first-order valence-electron chi connectivity index (χ1n) is 6.75. The molecule has 20 heavy (non-hydrogen) atoms. The summed E-state index contributed by atoms with van der Waals surface area (Å²) in [5.41, 5.74) is 5.99. The van der Waals surface area contributed by atoms with Gasteiger partial charge in [0.1, 0.15) is 0 Å².